The van der Waals surface area contributed by atoms with Crippen LogP contribution in [0, 0.1) is 5.41 Å². The number of nitrogens with zero attached hydrogens (tertiary/aromatic N) is 2. The van der Waals surface area contributed by atoms with Crippen molar-refractivity contribution in [3.8, 4) is 0 Å². The van der Waals surface area contributed by atoms with E-state index in [9.17, 15) is 0 Å². The third kappa shape index (κ3) is 1.33. The van der Waals surface area contributed by atoms with Gasteiger partial charge in [0.05, 0.1) is 23.8 Å². The molecule has 2 aliphatic rings. The Hall–Kier alpha value is -0.830. The lowest BCUT2D eigenvalue weighted by atomic mass is 9.74. The zero-order valence-corrected chi connectivity index (χ0v) is 9.53. The first-order valence-corrected chi connectivity index (χ1v) is 5.91. The molecule has 2 aliphatic carbocycles. The number of fused-ring (bicyclic) bond motifs is 1. The predicted molar refractivity (Wildman–Crippen MR) is 59.5 cm³/mol. The molecule has 1 fully saturated rings. The second-order valence-electron chi connectivity index (χ2n) is 5.68. The number of rotatable bonds is 1. The van der Waals surface area contributed by atoms with E-state index in [2.05, 4.69) is 23.4 Å². The Bertz CT molecular complexity index is 388. The Balaban J connectivity index is 2.06. The van der Waals surface area contributed by atoms with Crippen LogP contribution in [-0.2, 0) is 6.42 Å². The highest BCUT2D eigenvalue weighted by molar-refractivity contribution is 5.25. The van der Waals surface area contributed by atoms with Gasteiger partial charge >= 0.3 is 0 Å². The van der Waals surface area contributed by atoms with E-state index in [0.29, 0.717) is 6.04 Å². The van der Waals surface area contributed by atoms with Gasteiger partial charge in [0.2, 0.25) is 0 Å². The predicted octanol–water partition coefficient (Wildman–Crippen LogP) is 2.19. The van der Waals surface area contributed by atoms with Crippen molar-refractivity contribution in [3.63, 3.8) is 0 Å². The summed E-state index contributed by atoms with van der Waals surface area (Å²) in [5, 5.41) is 0. The molecule has 0 bridgehead atoms. The summed E-state index contributed by atoms with van der Waals surface area (Å²) in [4.78, 5) is 4.52. The lowest BCUT2D eigenvalue weighted by Gasteiger charge is -2.36. The number of aromatic nitrogens is 2. The summed E-state index contributed by atoms with van der Waals surface area (Å²) in [5.41, 5.74) is 9.15. The third-order valence-electron chi connectivity index (χ3n) is 3.99. The highest BCUT2D eigenvalue weighted by Gasteiger charge is 2.38. The average molecular weight is 205 g/mol. The number of imidazole rings is 1. The van der Waals surface area contributed by atoms with E-state index in [0.717, 1.165) is 12.8 Å². The van der Waals surface area contributed by atoms with E-state index in [-0.39, 0.29) is 11.5 Å². The normalized spacial score (nSPS) is 28.9. The summed E-state index contributed by atoms with van der Waals surface area (Å²) >= 11 is 0. The van der Waals surface area contributed by atoms with Gasteiger partial charge < -0.3 is 10.3 Å². The van der Waals surface area contributed by atoms with Crippen LogP contribution < -0.4 is 5.73 Å². The van der Waals surface area contributed by atoms with Gasteiger partial charge in [0.1, 0.15) is 0 Å². The summed E-state index contributed by atoms with van der Waals surface area (Å²) in [7, 11) is 0. The minimum absolute atomic E-state index is 0.157. The van der Waals surface area contributed by atoms with E-state index in [1.807, 2.05) is 6.33 Å². The molecule has 1 aromatic heterocycles. The van der Waals surface area contributed by atoms with E-state index in [1.165, 1.54) is 24.2 Å². The summed E-state index contributed by atoms with van der Waals surface area (Å²) in [6.45, 7) is 4.54. The molecule has 15 heavy (non-hydrogen) atoms. The number of hydrogen-bond acceptors (Lipinski definition) is 2. The molecule has 3 rings (SSSR count). The second-order valence-corrected chi connectivity index (χ2v) is 5.68. The molecular weight excluding hydrogens is 186 g/mol. The largest absolute Gasteiger partial charge is 0.330 e. The number of aryl methyl sites for hydroxylation is 1. The van der Waals surface area contributed by atoms with Crippen molar-refractivity contribution in [1.82, 2.24) is 9.55 Å². The van der Waals surface area contributed by atoms with E-state index in [1.54, 1.807) is 0 Å². The van der Waals surface area contributed by atoms with Gasteiger partial charge in [-0.2, -0.15) is 0 Å². The van der Waals surface area contributed by atoms with Crippen LogP contribution in [-0.4, -0.2) is 9.55 Å². The van der Waals surface area contributed by atoms with Crippen molar-refractivity contribution < 1.29 is 0 Å². The minimum atomic E-state index is 0.157. The van der Waals surface area contributed by atoms with Crippen molar-refractivity contribution in [1.29, 1.82) is 0 Å². The molecule has 1 saturated carbocycles. The Labute approximate surface area is 90.7 Å². The van der Waals surface area contributed by atoms with E-state index in [4.69, 9.17) is 5.73 Å². The van der Waals surface area contributed by atoms with Gasteiger partial charge in [0.15, 0.2) is 0 Å². The fourth-order valence-corrected chi connectivity index (χ4v) is 2.55. The highest BCUT2D eigenvalue weighted by atomic mass is 15.1. The molecule has 0 radical (unpaired) electrons. The first-order chi connectivity index (χ1) is 7.09. The van der Waals surface area contributed by atoms with Crippen LogP contribution >= 0.6 is 0 Å². The Morgan fingerprint density at radius 2 is 2.20 bits per heavy atom. The van der Waals surface area contributed by atoms with Crippen LogP contribution in [0.25, 0.3) is 0 Å². The van der Waals surface area contributed by atoms with Crippen LogP contribution in [0.3, 0.4) is 0 Å². The Morgan fingerprint density at radius 3 is 2.87 bits per heavy atom. The molecule has 1 aromatic rings. The van der Waals surface area contributed by atoms with Gasteiger partial charge in [-0.3, -0.25) is 0 Å². The number of hydrogen-bond donors (Lipinski definition) is 1. The van der Waals surface area contributed by atoms with Crippen molar-refractivity contribution in [2.24, 2.45) is 11.1 Å². The van der Waals surface area contributed by atoms with Gasteiger partial charge in [-0.25, -0.2) is 4.98 Å². The summed E-state index contributed by atoms with van der Waals surface area (Å²) in [6, 6.07) is 0.852. The molecule has 0 aromatic carbocycles. The molecule has 1 atom stereocenters. The maximum absolute atomic E-state index is 6.37. The quantitative estimate of drug-likeness (QED) is 0.763. The molecule has 1 unspecified atom stereocenters. The number of nitrogens with two attached hydrogens (primary N) is 1. The lowest BCUT2D eigenvalue weighted by Crippen LogP contribution is -2.35. The topological polar surface area (TPSA) is 43.8 Å². The van der Waals surface area contributed by atoms with Crippen molar-refractivity contribution in [3.05, 3.63) is 17.7 Å². The van der Waals surface area contributed by atoms with Gasteiger partial charge in [0.25, 0.3) is 0 Å². The SMILES string of the molecule is CC1(C)CCc2ncn(C3CC3)c2C1N. The van der Waals surface area contributed by atoms with Crippen molar-refractivity contribution in [2.45, 2.75) is 51.6 Å². The average Bonchev–Trinajstić information content (AvgIpc) is 2.93. The first kappa shape index (κ1) is 9.40. The van der Waals surface area contributed by atoms with Crippen LogP contribution in [0.4, 0.5) is 0 Å². The minimum Gasteiger partial charge on any atom is -0.330 e. The summed E-state index contributed by atoms with van der Waals surface area (Å²) in [6.07, 6.45) is 6.86. The monoisotopic (exact) mass is 205 g/mol. The lowest BCUT2D eigenvalue weighted by molar-refractivity contribution is 0.238. The van der Waals surface area contributed by atoms with Gasteiger partial charge in [-0.1, -0.05) is 13.8 Å². The smallest absolute Gasteiger partial charge is 0.0954 e. The van der Waals surface area contributed by atoms with Gasteiger partial charge in [-0.05, 0) is 31.1 Å². The zero-order valence-electron chi connectivity index (χ0n) is 9.53. The second kappa shape index (κ2) is 2.85. The Kier molecular flexibility index (Phi) is 1.78. The molecule has 2 N–H and O–H groups in total. The molecular formula is C12H19N3. The van der Waals surface area contributed by atoms with Crippen LogP contribution in [0.15, 0.2) is 6.33 Å². The van der Waals surface area contributed by atoms with E-state index < -0.39 is 0 Å². The molecule has 0 aliphatic heterocycles. The zero-order chi connectivity index (χ0) is 10.6. The van der Waals surface area contributed by atoms with Crippen LogP contribution in [0.2, 0.25) is 0 Å². The van der Waals surface area contributed by atoms with Crippen molar-refractivity contribution in [2.75, 3.05) is 0 Å². The Morgan fingerprint density at radius 1 is 1.47 bits per heavy atom. The molecule has 0 saturated heterocycles. The molecule has 0 amide bonds. The van der Waals surface area contributed by atoms with Gasteiger partial charge in [0, 0.05) is 6.04 Å². The van der Waals surface area contributed by atoms with Gasteiger partial charge in [-0.15, -0.1) is 0 Å². The molecule has 3 heteroatoms. The highest BCUT2D eigenvalue weighted by Crippen LogP contribution is 2.45. The summed E-state index contributed by atoms with van der Waals surface area (Å²) < 4.78 is 2.33. The van der Waals surface area contributed by atoms with E-state index >= 15 is 0 Å². The summed E-state index contributed by atoms with van der Waals surface area (Å²) in [5.74, 6) is 0. The molecule has 0 spiro atoms. The standard InChI is InChI=1S/C12H19N3/c1-12(2)6-5-9-10(11(12)13)15(7-14-9)8-3-4-8/h7-8,11H,3-6,13H2,1-2H3. The van der Waals surface area contributed by atoms with Crippen molar-refractivity contribution >= 4 is 0 Å². The third-order valence-corrected chi connectivity index (χ3v) is 3.99. The first-order valence-electron chi connectivity index (χ1n) is 5.91. The fourth-order valence-electron chi connectivity index (χ4n) is 2.55. The fraction of sp³-hybridized carbons (Fsp3) is 0.750. The van der Waals surface area contributed by atoms with Crippen LogP contribution in [0.1, 0.15) is 56.6 Å². The maximum Gasteiger partial charge on any atom is 0.0954 e. The molecule has 1 heterocycles. The van der Waals surface area contributed by atoms with Crippen LogP contribution in [0.5, 0.6) is 0 Å². The maximum atomic E-state index is 6.37. The molecule has 82 valence electrons. The molecule has 3 nitrogen and oxygen atoms in total.